The predicted molar refractivity (Wildman–Crippen MR) is 145 cm³/mol. The van der Waals surface area contributed by atoms with Crippen molar-refractivity contribution in [2.24, 2.45) is 10.5 Å². The molecule has 3 aliphatic rings. The first kappa shape index (κ1) is 27.3. The molecule has 2 atom stereocenters. The largest absolute Gasteiger partial charge is 0.413 e. The Kier molecular flexibility index (Phi) is 6.66. The van der Waals surface area contributed by atoms with Crippen molar-refractivity contribution in [3.63, 3.8) is 0 Å². The second-order valence-corrected chi connectivity index (χ2v) is 11.6. The number of alkyl halides is 3. The molecule has 1 aromatic heterocycles. The molecule has 1 unspecified atom stereocenters. The molecule has 0 bridgehead atoms. The minimum absolute atomic E-state index is 0.00820. The van der Waals surface area contributed by atoms with Gasteiger partial charge in [0.1, 0.15) is 12.1 Å². The monoisotopic (exact) mass is 552 g/mol. The van der Waals surface area contributed by atoms with E-state index in [4.69, 9.17) is 0 Å². The van der Waals surface area contributed by atoms with Crippen LogP contribution in [0.5, 0.6) is 0 Å². The summed E-state index contributed by atoms with van der Waals surface area (Å²) in [5, 5.41) is 34.3. The van der Waals surface area contributed by atoms with Gasteiger partial charge in [-0.2, -0.15) is 28.8 Å². The highest BCUT2D eigenvalue weighted by Gasteiger charge is 2.67. The van der Waals surface area contributed by atoms with Gasteiger partial charge in [-0.05, 0) is 30.4 Å². The van der Waals surface area contributed by atoms with Crippen LogP contribution in [0.25, 0.3) is 10.9 Å². The number of nitriles is 2. The molecule has 0 spiro atoms. The van der Waals surface area contributed by atoms with Crippen LogP contribution in [0.4, 0.5) is 24.5 Å². The van der Waals surface area contributed by atoms with Gasteiger partial charge in [0, 0.05) is 49.7 Å². The standard InChI is InChI=1S/C27H31F3N10/c1-25(2,3)15-34-23-17(12-32)13-33-22-16(11-31)9-18(10-19(22)23)36-24(21-5-8-35-39(21)4)20-14-40(38-37-20)26(6-7-26)27(28,29)30/h8-10,13-14,21,24,36-38H,5-7,15H2,1-4H3,(H,33,34)/t21?,24-/m1/s1. The van der Waals surface area contributed by atoms with Crippen LogP contribution in [-0.2, 0) is 0 Å². The molecule has 2 aliphatic heterocycles. The van der Waals surface area contributed by atoms with Gasteiger partial charge in [0.25, 0.3) is 0 Å². The Bertz CT molecular complexity index is 1460. The van der Waals surface area contributed by atoms with E-state index in [9.17, 15) is 23.7 Å². The number of anilines is 2. The highest BCUT2D eigenvalue weighted by Crippen LogP contribution is 2.53. The Morgan fingerprint density at radius 1 is 1.18 bits per heavy atom. The molecule has 1 saturated carbocycles. The number of hydrogen-bond donors (Lipinski definition) is 4. The molecule has 0 amide bonds. The van der Waals surface area contributed by atoms with E-state index in [1.165, 1.54) is 12.4 Å². The van der Waals surface area contributed by atoms with E-state index in [-0.39, 0.29) is 24.3 Å². The molecule has 210 valence electrons. The molecule has 40 heavy (non-hydrogen) atoms. The van der Waals surface area contributed by atoms with Gasteiger partial charge in [-0.3, -0.25) is 15.0 Å². The normalized spacial score (nSPS) is 20.5. The number of benzene rings is 1. The van der Waals surface area contributed by atoms with Gasteiger partial charge in [0.15, 0.2) is 5.54 Å². The van der Waals surface area contributed by atoms with E-state index in [2.05, 4.69) is 64.6 Å². The SMILES string of the molecule is CN1N=CCC1[C@H](Nc1cc(C#N)c2ncc(C#N)c(NCC(C)(C)C)c2c1)C1=CN(C2(C(F)(F)F)CC2)NN1. The number of halogens is 3. The Morgan fingerprint density at radius 2 is 1.90 bits per heavy atom. The number of nitrogens with one attached hydrogen (secondary N) is 4. The highest BCUT2D eigenvalue weighted by atomic mass is 19.4. The number of aromatic nitrogens is 1. The van der Waals surface area contributed by atoms with Crippen molar-refractivity contribution in [2.75, 3.05) is 24.2 Å². The number of pyridine rings is 1. The molecule has 3 heterocycles. The van der Waals surface area contributed by atoms with Crippen LogP contribution < -0.4 is 21.6 Å². The molecule has 2 aromatic rings. The molecule has 1 fully saturated rings. The van der Waals surface area contributed by atoms with Crippen molar-refractivity contribution >= 4 is 28.5 Å². The Morgan fingerprint density at radius 3 is 2.48 bits per heavy atom. The Hall–Kier alpha value is -4.23. The molecule has 1 aliphatic carbocycles. The average Bonchev–Trinajstić information content (AvgIpc) is 3.39. The van der Waals surface area contributed by atoms with Gasteiger partial charge < -0.3 is 16.1 Å². The molecular formula is C27H31F3N10. The van der Waals surface area contributed by atoms with Crippen LogP contribution in [-0.4, -0.2) is 58.6 Å². The van der Waals surface area contributed by atoms with Crippen molar-refractivity contribution in [1.82, 2.24) is 26.0 Å². The van der Waals surface area contributed by atoms with Gasteiger partial charge in [0.2, 0.25) is 0 Å². The summed E-state index contributed by atoms with van der Waals surface area (Å²) in [5.74, 6) is 0. The first-order valence-electron chi connectivity index (χ1n) is 13.0. The van der Waals surface area contributed by atoms with Crippen LogP contribution in [0.3, 0.4) is 0 Å². The third kappa shape index (κ3) is 4.93. The van der Waals surface area contributed by atoms with Crippen LogP contribution in [0.15, 0.2) is 35.3 Å². The van der Waals surface area contributed by atoms with E-state index in [0.29, 0.717) is 52.1 Å². The summed E-state index contributed by atoms with van der Waals surface area (Å²) in [4.78, 5) is 4.39. The van der Waals surface area contributed by atoms with Gasteiger partial charge in [-0.1, -0.05) is 20.8 Å². The first-order chi connectivity index (χ1) is 18.9. The molecule has 13 heteroatoms. The maximum atomic E-state index is 13.8. The van der Waals surface area contributed by atoms with E-state index >= 15 is 0 Å². The Labute approximate surface area is 230 Å². The van der Waals surface area contributed by atoms with Crippen LogP contribution in [0, 0.1) is 28.1 Å². The van der Waals surface area contributed by atoms with Crippen molar-refractivity contribution in [2.45, 2.75) is 63.8 Å². The van der Waals surface area contributed by atoms with E-state index in [1.807, 2.05) is 6.07 Å². The zero-order chi connectivity index (χ0) is 28.9. The molecule has 0 radical (unpaired) electrons. The summed E-state index contributed by atoms with van der Waals surface area (Å²) in [6.45, 7) is 6.78. The highest BCUT2D eigenvalue weighted by molar-refractivity contribution is 5.99. The number of rotatable bonds is 7. The van der Waals surface area contributed by atoms with Crippen molar-refractivity contribution in [3.8, 4) is 12.1 Å². The number of hydrogen-bond acceptors (Lipinski definition) is 10. The molecule has 10 nitrogen and oxygen atoms in total. The summed E-state index contributed by atoms with van der Waals surface area (Å²) in [6.07, 6.45) is 0.874. The van der Waals surface area contributed by atoms with Crippen molar-refractivity contribution in [3.05, 3.63) is 41.4 Å². The second-order valence-electron chi connectivity index (χ2n) is 11.6. The molecular weight excluding hydrogens is 521 g/mol. The molecule has 0 saturated heterocycles. The number of hydrazone groups is 1. The minimum Gasteiger partial charge on any atom is -0.383 e. The van der Waals surface area contributed by atoms with Gasteiger partial charge in [-0.15, -0.1) is 5.53 Å². The first-order valence-corrected chi connectivity index (χ1v) is 13.0. The smallest absolute Gasteiger partial charge is 0.383 e. The maximum Gasteiger partial charge on any atom is 0.413 e. The number of nitrogens with zero attached hydrogens (tertiary/aromatic N) is 6. The van der Waals surface area contributed by atoms with Crippen molar-refractivity contribution in [1.29, 1.82) is 10.5 Å². The lowest BCUT2D eigenvalue weighted by Crippen LogP contribution is -2.52. The summed E-state index contributed by atoms with van der Waals surface area (Å²) in [5.41, 5.74) is 6.35. The third-order valence-electron chi connectivity index (χ3n) is 7.44. The molecule has 4 N–H and O–H groups in total. The van der Waals surface area contributed by atoms with Gasteiger partial charge >= 0.3 is 6.18 Å². The van der Waals surface area contributed by atoms with Crippen LogP contribution in [0.2, 0.25) is 0 Å². The zero-order valence-corrected chi connectivity index (χ0v) is 22.7. The van der Waals surface area contributed by atoms with Crippen molar-refractivity contribution < 1.29 is 13.2 Å². The fraction of sp³-hybridized carbons (Fsp3) is 0.481. The summed E-state index contributed by atoms with van der Waals surface area (Å²) in [6, 6.07) is 7.12. The van der Waals surface area contributed by atoms with Gasteiger partial charge in [-0.25, -0.2) is 0 Å². The summed E-state index contributed by atoms with van der Waals surface area (Å²) in [7, 11) is 1.81. The minimum atomic E-state index is -4.38. The second kappa shape index (κ2) is 9.75. The maximum absolute atomic E-state index is 13.8. The zero-order valence-electron chi connectivity index (χ0n) is 22.7. The quantitative estimate of drug-likeness (QED) is 0.400. The third-order valence-corrected chi connectivity index (χ3v) is 7.44. The summed E-state index contributed by atoms with van der Waals surface area (Å²) >= 11 is 0. The van der Waals surface area contributed by atoms with Gasteiger partial charge in [0.05, 0.1) is 40.1 Å². The number of hydrazine groups is 2. The number of fused-ring (bicyclic) bond motifs is 1. The topological polar surface area (TPSA) is 127 Å². The van der Waals surface area contributed by atoms with E-state index in [1.54, 1.807) is 24.3 Å². The lowest BCUT2D eigenvalue weighted by molar-refractivity contribution is -0.195. The Balaban J connectivity index is 1.55. The molecule has 5 rings (SSSR count). The van der Waals surface area contributed by atoms with E-state index < -0.39 is 17.8 Å². The lowest BCUT2D eigenvalue weighted by Gasteiger charge is -2.31. The number of likely N-dealkylation sites (N-methyl/N-ethyl adjacent to an activating group) is 1. The fourth-order valence-corrected chi connectivity index (χ4v) is 5.03. The van der Waals surface area contributed by atoms with Crippen LogP contribution >= 0.6 is 0 Å². The molecule has 1 aromatic carbocycles. The predicted octanol–water partition coefficient (Wildman–Crippen LogP) is 4.17. The summed E-state index contributed by atoms with van der Waals surface area (Å²) < 4.78 is 41.4. The van der Waals surface area contributed by atoms with Crippen LogP contribution in [0.1, 0.15) is 51.2 Å². The fourth-order valence-electron chi connectivity index (χ4n) is 5.03. The average molecular weight is 553 g/mol. The van der Waals surface area contributed by atoms with E-state index in [0.717, 1.165) is 5.01 Å². The lowest BCUT2D eigenvalue weighted by atomic mass is 9.96.